The van der Waals surface area contributed by atoms with Crippen LogP contribution < -0.4 is 4.74 Å². The van der Waals surface area contributed by atoms with Gasteiger partial charge in [0.25, 0.3) is 0 Å². The summed E-state index contributed by atoms with van der Waals surface area (Å²) in [6.07, 6.45) is 0. The number of imidazole rings is 1. The van der Waals surface area contributed by atoms with Gasteiger partial charge in [-0.05, 0) is 62.7 Å². The van der Waals surface area contributed by atoms with Crippen molar-refractivity contribution in [2.24, 2.45) is 0 Å². The molecule has 0 bridgehead atoms. The van der Waals surface area contributed by atoms with Crippen molar-refractivity contribution in [1.82, 2.24) is 9.38 Å². The Labute approximate surface area is 139 Å². The molecule has 2 aromatic carbocycles. The molecule has 0 radical (unpaired) electrons. The summed E-state index contributed by atoms with van der Waals surface area (Å²) in [4.78, 5) is 5.91. The molecule has 0 saturated heterocycles. The summed E-state index contributed by atoms with van der Waals surface area (Å²) in [5.74, 6) is 0.899. The zero-order chi connectivity index (χ0) is 16.0. The molecule has 0 amide bonds. The average molecular weight is 322 g/mol. The molecule has 0 aliphatic carbocycles. The molecule has 3 nitrogen and oxygen atoms in total. The van der Waals surface area contributed by atoms with Crippen molar-refractivity contribution in [2.75, 3.05) is 6.61 Å². The second kappa shape index (κ2) is 5.39. The fourth-order valence-corrected chi connectivity index (χ4v) is 4.13. The highest BCUT2D eigenvalue weighted by atomic mass is 32.1. The van der Waals surface area contributed by atoms with Crippen LogP contribution in [0.15, 0.2) is 42.5 Å². The molecular weight excluding hydrogens is 304 g/mol. The number of hydrogen-bond acceptors (Lipinski definition) is 3. The van der Waals surface area contributed by atoms with E-state index < -0.39 is 0 Å². The van der Waals surface area contributed by atoms with E-state index in [2.05, 4.69) is 48.6 Å². The van der Waals surface area contributed by atoms with Crippen molar-refractivity contribution in [3.05, 3.63) is 53.7 Å². The number of benzene rings is 2. The normalized spacial score (nSPS) is 11.4. The molecule has 0 saturated carbocycles. The maximum Gasteiger partial charge on any atom is 0.195 e. The Bertz CT molecular complexity index is 996. The molecule has 4 rings (SSSR count). The quantitative estimate of drug-likeness (QED) is 0.516. The lowest BCUT2D eigenvalue weighted by molar-refractivity contribution is 0.340. The van der Waals surface area contributed by atoms with Gasteiger partial charge < -0.3 is 4.74 Å². The van der Waals surface area contributed by atoms with Gasteiger partial charge in [-0.3, -0.25) is 4.40 Å². The zero-order valence-electron chi connectivity index (χ0n) is 13.5. The molecule has 4 heteroatoms. The van der Waals surface area contributed by atoms with Gasteiger partial charge in [0.2, 0.25) is 0 Å². The van der Waals surface area contributed by atoms with Crippen LogP contribution in [0.2, 0.25) is 0 Å². The lowest BCUT2D eigenvalue weighted by Crippen LogP contribution is -1.91. The van der Waals surface area contributed by atoms with E-state index in [1.54, 1.807) is 11.3 Å². The number of thiazole rings is 1. The Kier molecular flexibility index (Phi) is 3.34. The molecule has 0 aliphatic rings. The molecule has 2 heterocycles. The zero-order valence-corrected chi connectivity index (χ0v) is 14.3. The van der Waals surface area contributed by atoms with Crippen LogP contribution in [-0.4, -0.2) is 16.0 Å². The highest BCUT2D eigenvalue weighted by molar-refractivity contribution is 7.23. The monoisotopic (exact) mass is 322 g/mol. The summed E-state index contributed by atoms with van der Waals surface area (Å²) >= 11 is 1.74. The minimum absolute atomic E-state index is 0.685. The first-order valence-electron chi connectivity index (χ1n) is 7.79. The van der Waals surface area contributed by atoms with E-state index in [0.717, 1.165) is 22.0 Å². The molecule has 2 aromatic heterocycles. The van der Waals surface area contributed by atoms with Gasteiger partial charge in [-0.15, -0.1) is 0 Å². The van der Waals surface area contributed by atoms with Crippen molar-refractivity contribution < 1.29 is 4.74 Å². The number of nitrogens with zero attached hydrogens (tertiary/aromatic N) is 2. The third-order valence-corrected chi connectivity index (χ3v) is 5.08. The van der Waals surface area contributed by atoms with Gasteiger partial charge in [0.05, 0.1) is 22.5 Å². The van der Waals surface area contributed by atoms with Crippen LogP contribution in [0.1, 0.15) is 18.2 Å². The summed E-state index contributed by atoms with van der Waals surface area (Å²) < 4.78 is 9.06. The third-order valence-electron chi connectivity index (χ3n) is 4.07. The van der Waals surface area contributed by atoms with E-state index in [1.165, 1.54) is 21.5 Å². The van der Waals surface area contributed by atoms with E-state index >= 15 is 0 Å². The third kappa shape index (κ3) is 2.30. The summed E-state index contributed by atoms with van der Waals surface area (Å²) in [7, 11) is 0. The minimum atomic E-state index is 0.685. The van der Waals surface area contributed by atoms with Gasteiger partial charge >= 0.3 is 0 Å². The van der Waals surface area contributed by atoms with E-state index in [1.807, 2.05) is 19.1 Å². The van der Waals surface area contributed by atoms with Crippen LogP contribution in [0.4, 0.5) is 0 Å². The molecule has 0 unspecified atom stereocenters. The Morgan fingerprint density at radius 1 is 1.09 bits per heavy atom. The number of hydrogen-bond donors (Lipinski definition) is 0. The van der Waals surface area contributed by atoms with Gasteiger partial charge in [0, 0.05) is 11.3 Å². The molecule has 4 aromatic rings. The van der Waals surface area contributed by atoms with Crippen LogP contribution in [0, 0.1) is 13.8 Å². The predicted molar refractivity (Wildman–Crippen MR) is 96.7 cm³/mol. The van der Waals surface area contributed by atoms with Gasteiger partial charge in [0.1, 0.15) is 5.75 Å². The van der Waals surface area contributed by atoms with Crippen LogP contribution in [0.25, 0.3) is 26.4 Å². The van der Waals surface area contributed by atoms with Crippen LogP contribution in [0.5, 0.6) is 5.75 Å². The maximum absolute atomic E-state index is 5.52. The fraction of sp³-hybridized carbons (Fsp3) is 0.211. The standard InChI is InChI=1S/C19H18N2OS/c1-4-22-15-8-6-14(7-9-15)18-13(3)21-16-10-5-12(2)11-17(16)23-19(21)20-18/h5-11H,4H2,1-3H3. The molecular formula is C19H18N2OS. The van der Waals surface area contributed by atoms with E-state index in [-0.39, 0.29) is 0 Å². The van der Waals surface area contributed by atoms with E-state index in [9.17, 15) is 0 Å². The molecule has 0 aliphatic heterocycles. The summed E-state index contributed by atoms with van der Waals surface area (Å²) in [5.41, 5.74) is 5.87. The smallest absolute Gasteiger partial charge is 0.195 e. The van der Waals surface area contributed by atoms with Crippen LogP contribution in [0.3, 0.4) is 0 Å². The molecule has 0 N–H and O–H groups in total. The van der Waals surface area contributed by atoms with Gasteiger partial charge in [-0.1, -0.05) is 17.4 Å². The topological polar surface area (TPSA) is 26.5 Å². The van der Waals surface area contributed by atoms with Crippen LogP contribution in [-0.2, 0) is 0 Å². The van der Waals surface area contributed by atoms with Crippen LogP contribution >= 0.6 is 11.3 Å². The largest absolute Gasteiger partial charge is 0.494 e. The summed E-state index contributed by atoms with van der Waals surface area (Å²) in [6, 6.07) is 14.7. The van der Waals surface area contributed by atoms with Crippen molar-refractivity contribution in [1.29, 1.82) is 0 Å². The number of aromatic nitrogens is 2. The SMILES string of the molecule is CCOc1ccc(-c2nc3sc4cc(C)ccc4n3c2C)cc1. The van der Waals surface area contributed by atoms with E-state index in [4.69, 9.17) is 9.72 Å². The first-order valence-corrected chi connectivity index (χ1v) is 8.60. The van der Waals surface area contributed by atoms with Crippen molar-refractivity contribution in [2.45, 2.75) is 20.8 Å². The Morgan fingerprint density at radius 3 is 2.61 bits per heavy atom. The average Bonchev–Trinajstić information content (AvgIpc) is 3.05. The van der Waals surface area contributed by atoms with Gasteiger partial charge in [-0.25, -0.2) is 4.98 Å². The highest BCUT2D eigenvalue weighted by Gasteiger charge is 2.15. The summed E-state index contributed by atoms with van der Waals surface area (Å²) in [5, 5.41) is 0. The van der Waals surface area contributed by atoms with E-state index in [0.29, 0.717) is 6.61 Å². The highest BCUT2D eigenvalue weighted by Crippen LogP contribution is 2.33. The second-order valence-corrected chi connectivity index (χ2v) is 6.70. The predicted octanol–water partition coefficient (Wildman–Crippen LogP) is 5.23. The Balaban J connectivity index is 1.86. The fourth-order valence-electron chi connectivity index (χ4n) is 2.96. The van der Waals surface area contributed by atoms with Crippen molar-refractivity contribution in [3.63, 3.8) is 0 Å². The summed E-state index contributed by atoms with van der Waals surface area (Å²) in [6.45, 7) is 6.94. The van der Waals surface area contributed by atoms with Gasteiger partial charge in [0.15, 0.2) is 4.96 Å². The number of fused-ring (bicyclic) bond motifs is 3. The molecule has 0 spiro atoms. The first-order chi connectivity index (χ1) is 11.2. The minimum Gasteiger partial charge on any atom is -0.494 e. The number of rotatable bonds is 3. The maximum atomic E-state index is 5.52. The first kappa shape index (κ1) is 14.3. The van der Waals surface area contributed by atoms with Crippen molar-refractivity contribution in [3.8, 4) is 17.0 Å². The number of ether oxygens (including phenoxy) is 1. The lowest BCUT2D eigenvalue weighted by Gasteiger charge is -2.04. The van der Waals surface area contributed by atoms with Gasteiger partial charge in [-0.2, -0.15) is 0 Å². The molecule has 0 fully saturated rings. The number of aryl methyl sites for hydroxylation is 2. The Morgan fingerprint density at radius 2 is 1.87 bits per heavy atom. The lowest BCUT2D eigenvalue weighted by atomic mass is 10.1. The second-order valence-electron chi connectivity index (χ2n) is 5.69. The molecule has 116 valence electrons. The molecule has 23 heavy (non-hydrogen) atoms. The Hall–Kier alpha value is -2.33. The molecule has 0 atom stereocenters. The van der Waals surface area contributed by atoms with Crippen molar-refractivity contribution >= 4 is 26.5 Å².